The van der Waals surface area contributed by atoms with Gasteiger partial charge in [-0.25, -0.2) is 13.2 Å². The minimum absolute atomic E-state index is 0.0489. The zero-order valence-corrected chi connectivity index (χ0v) is 9.27. The molecule has 94 valence electrons. The maximum atomic E-state index is 13.2. The number of hydrogen-bond donors (Lipinski definition) is 2. The van der Waals surface area contributed by atoms with E-state index in [2.05, 4.69) is 0 Å². The van der Waals surface area contributed by atoms with Crippen LogP contribution < -0.4 is 11.1 Å². The molecule has 0 radical (unpaired) electrons. The summed E-state index contributed by atoms with van der Waals surface area (Å²) in [6.45, 7) is 1.79. The molecule has 0 fully saturated rings. The molecule has 1 aromatic carbocycles. The van der Waals surface area contributed by atoms with Crippen LogP contribution in [0.15, 0.2) is 12.1 Å². The van der Waals surface area contributed by atoms with Crippen molar-refractivity contribution in [1.82, 2.24) is 0 Å². The van der Waals surface area contributed by atoms with E-state index in [1.165, 1.54) is 0 Å². The summed E-state index contributed by atoms with van der Waals surface area (Å²) in [5, 5.41) is 2.04. The Morgan fingerprint density at radius 2 is 1.88 bits per heavy atom. The summed E-state index contributed by atoms with van der Waals surface area (Å²) in [6.07, 6.45) is 0.522. The number of nitrogens with two attached hydrogens (primary N) is 1. The Bertz CT molecular complexity index is 400. The van der Waals surface area contributed by atoms with Gasteiger partial charge in [0.15, 0.2) is 11.6 Å². The van der Waals surface area contributed by atoms with Crippen molar-refractivity contribution < 1.29 is 18.0 Å². The number of nitrogens with one attached hydrogen (secondary N) is 1. The van der Waals surface area contributed by atoms with Crippen molar-refractivity contribution in [3.05, 3.63) is 29.6 Å². The lowest BCUT2D eigenvalue weighted by Crippen LogP contribution is -2.26. The van der Waals surface area contributed by atoms with Crippen molar-refractivity contribution in [3.63, 3.8) is 0 Å². The normalized spacial score (nSPS) is 12.3. The van der Waals surface area contributed by atoms with E-state index in [9.17, 15) is 18.0 Å². The van der Waals surface area contributed by atoms with Crippen molar-refractivity contribution in [2.24, 2.45) is 5.73 Å². The summed E-state index contributed by atoms with van der Waals surface area (Å²) in [5.74, 6) is -3.95. The smallest absolute Gasteiger partial charge is 0.226 e. The molecule has 3 nitrogen and oxygen atoms in total. The van der Waals surface area contributed by atoms with Crippen LogP contribution in [-0.2, 0) is 4.79 Å². The van der Waals surface area contributed by atoms with Gasteiger partial charge in [-0.1, -0.05) is 6.92 Å². The molecule has 0 aliphatic rings. The number of hydrogen-bond acceptors (Lipinski definition) is 2. The third-order valence-corrected chi connectivity index (χ3v) is 2.24. The lowest BCUT2D eigenvalue weighted by Gasteiger charge is -2.10. The Balaban J connectivity index is 2.78. The van der Waals surface area contributed by atoms with E-state index in [1.807, 2.05) is 5.32 Å². The van der Waals surface area contributed by atoms with Crippen LogP contribution in [0.25, 0.3) is 0 Å². The molecule has 1 unspecified atom stereocenters. The number of anilines is 1. The summed E-state index contributed by atoms with van der Waals surface area (Å²) in [5.41, 5.74) is 4.87. The third kappa shape index (κ3) is 3.74. The van der Waals surface area contributed by atoms with Crippen molar-refractivity contribution in [2.45, 2.75) is 25.8 Å². The summed E-state index contributed by atoms with van der Waals surface area (Å²) in [6, 6.07) is 0.623. The Kier molecular flexibility index (Phi) is 4.51. The topological polar surface area (TPSA) is 55.1 Å². The molecule has 1 atom stereocenters. The monoisotopic (exact) mass is 246 g/mol. The molecule has 0 aliphatic heterocycles. The van der Waals surface area contributed by atoms with Gasteiger partial charge in [-0.15, -0.1) is 0 Å². The van der Waals surface area contributed by atoms with Crippen molar-refractivity contribution in [3.8, 4) is 0 Å². The Morgan fingerprint density at radius 3 is 2.35 bits per heavy atom. The fourth-order valence-corrected chi connectivity index (χ4v) is 1.23. The Labute approximate surface area is 96.8 Å². The first-order valence-corrected chi connectivity index (χ1v) is 5.14. The molecule has 0 heterocycles. The largest absolute Gasteiger partial charge is 0.327 e. The minimum atomic E-state index is -1.15. The van der Waals surface area contributed by atoms with Crippen LogP contribution in [0.4, 0.5) is 18.9 Å². The molecule has 1 rings (SSSR count). The molecule has 0 spiro atoms. The molecule has 0 saturated heterocycles. The molecule has 6 heteroatoms. The van der Waals surface area contributed by atoms with Crippen LogP contribution in [0.3, 0.4) is 0 Å². The summed E-state index contributed by atoms with van der Waals surface area (Å²) in [4.78, 5) is 11.4. The molecular formula is C11H13F3N2O. The van der Waals surface area contributed by atoms with Gasteiger partial charge in [0.25, 0.3) is 0 Å². The number of halogens is 3. The number of benzene rings is 1. The first-order valence-electron chi connectivity index (χ1n) is 5.14. The first-order chi connectivity index (χ1) is 7.93. The first kappa shape index (κ1) is 13.5. The van der Waals surface area contributed by atoms with E-state index in [4.69, 9.17) is 5.73 Å². The van der Waals surface area contributed by atoms with Crippen LogP contribution in [0.5, 0.6) is 0 Å². The molecule has 0 aliphatic carbocycles. The predicted molar refractivity (Wildman–Crippen MR) is 57.8 cm³/mol. The fourth-order valence-electron chi connectivity index (χ4n) is 1.23. The number of carbonyl (C=O) groups excluding carboxylic acids is 1. The van der Waals surface area contributed by atoms with E-state index in [-0.39, 0.29) is 12.5 Å². The van der Waals surface area contributed by atoms with Crippen LogP contribution in [0.1, 0.15) is 19.8 Å². The SMILES string of the molecule is CCC(N)CC(=O)Nc1c(F)cc(F)cc1F. The lowest BCUT2D eigenvalue weighted by molar-refractivity contribution is -0.116. The molecule has 1 aromatic rings. The number of rotatable bonds is 4. The van der Waals surface area contributed by atoms with E-state index in [0.29, 0.717) is 18.6 Å². The second kappa shape index (κ2) is 5.67. The second-order valence-corrected chi connectivity index (χ2v) is 3.67. The predicted octanol–water partition coefficient (Wildman–Crippen LogP) is 2.17. The molecule has 0 aromatic heterocycles. The zero-order chi connectivity index (χ0) is 13.0. The maximum Gasteiger partial charge on any atom is 0.226 e. The third-order valence-electron chi connectivity index (χ3n) is 2.24. The van der Waals surface area contributed by atoms with Crippen molar-refractivity contribution in [2.75, 3.05) is 5.32 Å². The zero-order valence-electron chi connectivity index (χ0n) is 9.27. The summed E-state index contributed by atoms with van der Waals surface area (Å²) >= 11 is 0. The fraction of sp³-hybridized carbons (Fsp3) is 0.364. The van der Waals surface area contributed by atoms with Gasteiger partial charge in [-0.05, 0) is 6.42 Å². The quantitative estimate of drug-likeness (QED) is 0.855. The number of amides is 1. The van der Waals surface area contributed by atoms with Gasteiger partial charge in [-0.3, -0.25) is 4.79 Å². The van der Waals surface area contributed by atoms with Gasteiger partial charge in [0.1, 0.15) is 11.5 Å². The van der Waals surface area contributed by atoms with Gasteiger partial charge < -0.3 is 11.1 Å². The summed E-state index contributed by atoms with van der Waals surface area (Å²) in [7, 11) is 0. The van der Waals surface area contributed by atoms with E-state index in [0.717, 1.165) is 0 Å². The van der Waals surface area contributed by atoms with Gasteiger partial charge in [0, 0.05) is 24.6 Å². The standard InChI is InChI=1S/C11H13F3N2O/c1-2-7(15)5-10(17)16-11-8(13)3-6(12)4-9(11)14/h3-4,7H,2,5,15H2,1H3,(H,16,17). The average molecular weight is 246 g/mol. The van der Waals surface area contributed by atoms with Crippen molar-refractivity contribution >= 4 is 11.6 Å². The van der Waals surface area contributed by atoms with Gasteiger partial charge in [-0.2, -0.15) is 0 Å². The average Bonchev–Trinajstić information content (AvgIpc) is 2.23. The van der Waals surface area contributed by atoms with Crippen LogP contribution >= 0.6 is 0 Å². The molecule has 0 bridgehead atoms. The van der Waals surface area contributed by atoms with E-state index < -0.39 is 29.0 Å². The second-order valence-electron chi connectivity index (χ2n) is 3.67. The van der Waals surface area contributed by atoms with E-state index >= 15 is 0 Å². The number of carbonyl (C=O) groups is 1. The molecular weight excluding hydrogens is 233 g/mol. The van der Waals surface area contributed by atoms with Gasteiger partial charge in [0.05, 0.1) is 0 Å². The van der Waals surface area contributed by atoms with Gasteiger partial charge in [0.2, 0.25) is 5.91 Å². The van der Waals surface area contributed by atoms with Crippen LogP contribution in [0, 0.1) is 17.5 Å². The molecule has 17 heavy (non-hydrogen) atoms. The summed E-state index contributed by atoms with van der Waals surface area (Å²) < 4.78 is 38.9. The highest BCUT2D eigenvalue weighted by Crippen LogP contribution is 2.20. The Hall–Kier alpha value is -1.56. The lowest BCUT2D eigenvalue weighted by atomic mass is 10.1. The Morgan fingerprint density at radius 1 is 1.35 bits per heavy atom. The molecule has 0 saturated carbocycles. The molecule has 3 N–H and O–H groups in total. The minimum Gasteiger partial charge on any atom is -0.327 e. The van der Waals surface area contributed by atoms with Crippen molar-refractivity contribution in [1.29, 1.82) is 0 Å². The van der Waals surface area contributed by atoms with Gasteiger partial charge >= 0.3 is 0 Å². The highest BCUT2D eigenvalue weighted by atomic mass is 19.1. The highest BCUT2D eigenvalue weighted by Gasteiger charge is 2.15. The van der Waals surface area contributed by atoms with Crippen LogP contribution in [0.2, 0.25) is 0 Å². The van der Waals surface area contributed by atoms with Crippen LogP contribution in [-0.4, -0.2) is 11.9 Å². The molecule has 1 amide bonds. The maximum absolute atomic E-state index is 13.2. The van der Waals surface area contributed by atoms with E-state index in [1.54, 1.807) is 6.92 Å². The highest BCUT2D eigenvalue weighted by molar-refractivity contribution is 5.91.